The van der Waals surface area contributed by atoms with Crippen molar-refractivity contribution in [2.24, 2.45) is 0 Å². The Labute approximate surface area is 150 Å². The monoisotopic (exact) mass is 372 g/mol. The molecule has 0 fully saturated rings. The van der Waals surface area contributed by atoms with Crippen molar-refractivity contribution in [3.63, 3.8) is 0 Å². The smallest absolute Gasteiger partial charge is 0.325 e. The Hall–Kier alpha value is -3.82. The van der Waals surface area contributed by atoms with Gasteiger partial charge in [0.15, 0.2) is 11.5 Å². The van der Waals surface area contributed by atoms with Crippen LogP contribution in [0.3, 0.4) is 0 Å². The van der Waals surface area contributed by atoms with Gasteiger partial charge in [-0.15, -0.1) is 0 Å². The van der Waals surface area contributed by atoms with E-state index in [1.165, 1.54) is 26.6 Å². The fourth-order valence-electron chi connectivity index (χ4n) is 2.83. The van der Waals surface area contributed by atoms with Crippen molar-refractivity contribution in [3.05, 3.63) is 89.0 Å². The molecule has 0 aliphatic rings. The largest absolute Gasteiger partial charge is 0.493 e. The molecule has 0 saturated carbocycles. The number of hydrogen-bond acceptors (Lipinski definition) is 6. The van der Waals surface area contributed by atoms with Gasteiger partial charge in [0.2, 0.25) is 0 Å². The Bertz CT molecular complexity index is 1140. The molecule has 10 nitrogen and oxygen atoms in total. The Morgan fingerprint density at radius 3 is 1.74 bits per heavy atom. The maximum Gasteiger partial charge on any atom is 0.325 e. The van der Waals surface area contributed by atoms with Gasteiger partial charge in [0.05, 0.1) is 14.2 Å². The minimum atomic E-state index is -0.883. The topological polar surface area (TPSA) is 150 Å². The van der Waals surface area contributed by atoms with Gasteiger partial charge in [0, 0.05) is 29.4 Å². The van der Waals surface area contributed by atoms with Crippen molar-refractivity contribution < 1.29 is 9.47 Å². The van der Waals surface area contributed by atoms with E-state index in [2.05, 4.69) is 19.9 Å². The molecule has 140 valence electrons. The van der Waals surface area contributed by atoms with Crippen LogP contribution in [0.4, 0.5) is 0 Å². The lowest BCUT2D eigenvalue weighted by Gasteiger charge is -2.18. The van der Waals surface area contributed by atoms with Crippen LogP contribution in [0.15, 0.2) is 49.8 Å². The highest BCUT2D eigenvalue weighted by Crippen LogP contribution is 2.34. The third-order valence-corrected chi connectivity index (χ3v) is 4.06. The van der Waals surface area contributed by atoms with Crippen molar-refractivity contribution in [1.82, 2.24) is 19.9 Å². The van der Waals surface area contributed by atoms with Gasteiger partial charge < -0.3 is 19.4 Å². The maximum absolute atomic E-state index is 12.4. The molecule has 0 radical (unpaired) electrons. The van der Waals surface area contributed by atoms with Gasteiger partial charge in [0.1, 0.15) is 0 Å². The summed E-state index contributed by atoms with van der Waals surface area (Å²) in [6.45, 7) is 0. The normalized spacial score (nSPS) is 10.8. The second-order valence-electron chi connectivity index (χ2n) is 5.60. The molecule has 2 heterocycles. The number of hydrogen-bond donors (Lipinski definition) is 4. The molecular formula is C17H16N4O6. The molecule has 3 rings (SSSR count). The molecule has 0 bridgehead atoms. The number of H-pyrrole nitrogens is 4. The highest BCUT2D eigenvalue weighted by molar-refractivity contribution is 5.48. The summed E-state index contributed by atoms with van der Waals surface area (Å²) in [7, 11) is 2.94. The lowest BCUT2D eigenvalue weighted by molar-refractivity contribution is 0.354. The van der Waals surface area contributed by atoms with Crippen LogP contribution in [0, 0.1) is 0 Å². The van der Waals surface area contributed by atoms with Crippen LogP contribution >= 0.6 is 0 Å². The average Bonchev–Trinajstić information content (AvgIpc) is 2.64. The standard InChI is InChI=1S/C17H16N4O6/c1-26-11-4-3-8(5-12(11)27-2)13(9-6-18-16(24)20-14(9)22)10-7-19-17(25)21-15(10)23/h3-7,13H,1-2H3,(H2,18,20,22,24)(H2,19,21,23,25). The first-order chi connectivity index (χ1) is 12.9. The summed E-state index contributed by atoms with van der Waals surface area (Å²) in [6, 6.07) is 4.89. The van der Waals surface area contributed by atoms with E-state index in [0.29, 0.717) is 17.1 Å². The van der Waals surface area contributed by atoms with E-state index in [0.717, 1.165) is 0 Å². The third kappa shape index (κ3) is 3.45. The Morgan fingerprint density at radius 2 is 1.30 bits per heavy atom. The van der Waals surface area contributed by atoms with Crippen molar-refractivity contribution in [2.45, 2.75) is 5.92 Å². The van der Waals surface area contributed by atoms with Gasteiger partial charge >= 0.3 is 11.4 Å². The van der Waals surface area contributed by atoms with E-state index in [4.69, 9.17) is 9.47 Å². The first kappa shape index (κ1) is 18.0. The number of aromatic nitrogens is 4. The van der Waals surface area contributed by atoms with E-state index in [9.17, 15) is 19.2 Å². The number of nitrogens with one attached hydrogen (secondary N) is 4. The molecule has 0 atom stereocenters. The lowest BCUT2D eigenvalue weighted by atomic mass is 9.87. The van der Waals surface area contributed by atoms with Crippen LogP contribution in [-0.2, 0) is 0 Å². The highest BCUT2D eigenvalue weighted by Gasteiger charge is 2.24. The van der Waals surface area contributed by atoms with Crippen LogP contribution in [0.2, 0.25) is 0 Å². The Kier molecular flexibility index (Phi) is 4.79. The first-order valence-electron chi connectivity index (χ1n) is 7.80. The molecule has 0 amide bonds. The molecular weight excluding hydrogens is 356 g/mol. The number of ether oxygens (including phenoxy) is 2. The fourth-order valence-corrected chi connectivity index (χ4v) is 2.83. The van der Waals surface area contributed by atoms with Gasteiger partial charge in [-0.3, -0.25) is 19.6 Å². The molecule has 1 aromatic carbocycles. The van der Waals surface area contributed by atoms with Gasteiger partial charge in [-0.05, 0) is 17.7 Å². The molecule has 3 aromatic rings. The summed E-state index contributed by atoms with van der Waals surface area (Å²) in [5.41, 5.74) is -1.94. The molecule has 0 aliphatic carbocycles. The number of rotatable bonds is 5. The van der Waals surface area contributed by atoms with E-state index in [1.807, 2.05) is 0 Å². The zero-order valence-electron chi connectivity index (χ0n) is 14.4. The first-order valence-corrected chi connectivity index (χ1v) is 7.80. The molecule has 0 aliphatic heterocycles. The predicted molar refractivity (Wildman–Crippen MR) is 95.9 cm³/mol. The zero-order valence-corrected chi connectivity index (χ0v) is 14.4. The Morgan fingerprint density at radius 1 is 0.778 bits per heavy atom. The van der Waals surface area contributed by atoms with E-state index in [1.54, 1.807) is 18.2 Å². The minimum Gasteiger partial charge on any atom is -0.493 e. The van der Waals surface area contributed by atoms with Crippen molar-refractivity contribution in [2.75, 3.05) is 14.2 Å². The van der Waals surface area contributed by atoms with Crippen molar-refractivity contribution >= 4 is 0 Å². The molecule has 27 heavy (non-hydrogen) atoms. The SMILES string of the molecule is COc1ccc(C(c2c[nH]c(=O)[nH]c2=O)c2c[nH]c(=O)[nH]c2=O)cc1OC. The van der Waals surface area contributed by atoms with Gasteiger partial charge in [-0.1, -0.05) is 6.07 Å². The molecule has 4 N–H and O–H groups in total. The van der Waals surface area contributed by atoms with Gasteiger partial charge in [-0.2, -0.15) is 0 Å². The summed E-state index contributed by atoms with van der Waals surface area (Å²) < 4.78 is 10.5. The molecule has 10 heteroatoms. The van der Waals surface area contributed by atoms with E-state index < -0.39 is 28.4 Å². The second-order valence-corrected chi connectivity index (χ2v) is 5.60. The maximum atomic E-state index is 12.4. The fraction of sp³-hybridized carbons (Fsp3) is 0.176. The van der Waals surface area contributed by atoms with E-state index >= 15 is 0 Å². The van der Waals surface area contributed by atoms with Crippen LogP contribution in [0.5, 0.6) is 11.5 Å². The highest BCUT2D eigenvalue weighted by atomic mass is 16.5. The summed E-state index contributed by atoms with van der Waals surface area (Å²) >= 11 is 0. The Balaban J connectivity index is 2.31. The predicted octanol–water partition coefficient (Wildman–Crippen LogP) is -0.363. The second kappa shape index (κ2) is 7.20. The quantitative estimate of drug-likeness (QED) is 0.480. The van der Waals surface area contributed by atoms with Crippen molar-refractivity contribution in [3.8, 4) is 11.5 Å². The summed E-state index contributed by atoms with van der Waals surface area (Å²) in [4.78, 5) is 56.5. The zero-order chi connectivity index (χ0) is 19.6. The molecule has 0 saturated heterocycles. The molecule has 0 unspecified atom stereocenters. The van der Waals surface area contributed by atoms with Crippen LogP contribution < -0.4 is 32.0 Å². The summed E-state index contributed by atoms with van der Waals surface area (Å²) in [5.74, 6) is -0.0292. The molecule has 2 aromatic heterocycles. The number of methoxy groups -OCH3 is 2. The third-order valence-electron chi connectivity index (χ3n) is 4.06. The minimum absolute atomic E-state index is 0.111. The average molecular weight is 372 g/mol. The molecule has 0 spiro atoms. The lowest BCUT2D eigenvalue weighted by Crippen LogP contribution is -2.31. The summed E-state index contributed by atoms with van der Waals surface area (Å²) in [5, 5.41) is 0. The van der Waals surface area contributed by atoms with Crippen LogP contribution in [-0.4, -0.2) is 34.2 Å². The summed E-state index contributed by atoms with van der Waals surface area (Å²) in [6.07, 6.45) is 2.46. The van der Waals surface area contributed by atoms with E-state index in [-0.39, 0.29) is 11.1 Å². The van der Waals surface area contributed by atoms with Crippen LogP contribution in [0.1, 0.15) is 22.6 Å². The number of benzene rings is 1. The van der Waals surface area contributed by atoms with Crippen molar-refractivity contribution in [1.29, 1.82) is 0 Å². The number of aromatic amines is 4. The van der Waals surface area contributed by atoms with Crippen LogP contribution in [0.25, 0.3) is 0 Å². The van der Waals surface area contributed by atoms with Gasteiger partial charge in [-0.25, -0.2) is 9.59 Å². The van der Waals surface area contributed by atoms with Gasteiger partial charge in [0.25, 0.3) is 11.1 Å².